The normalized spacial score (nSPS) is 10.1. The van der Waals surface area contributed by atoms with E-state index in [-0.39, 0.29) is 4.99 Å². The Labute approximate surface area is 120 Å². The van der Waals surface area contributed by atoms with Gasteiger partial charge in [-0.1, -0.05) is 34.2 Å². The number of nitrogens with one attached hydrogen (secondary N) is 1. The van der Waals surface area contributed by atoms with Crippen molar-refractivity contribution in [2.45, 2.75) is 6.92 Å². The predicted molar refractivity (Wildman–Crippen MR) is 82.3 cm³/mol. The number of anilines is 2. The average molecular weight is 322 g/mol. The molecule has 0 atom stereocenters. The van der Waals surface area contributed by atoms with Gasteiger partial charge in [-0.15, -0.1) is 0 Å². The summed E-state index contributed by atoms with van der Waals surface area (Å²) in [7, 11) is 0. The molecule has 1 aromatic carbocycles. The number of aromatic nitrogens is 1. The second-order valence-electron chi connectivity index (χ2n) is 3.85. The lowest BCUT2D eigenvalue weighted by Crippen LogP contribution is -2.14. The highest BCUT2D eigenvalue weighted by molar-refractivity contribution is 9.10. The number of hydrogen-bond donors (Lipinski definition) is 2. The summed E-state index contributed by atoms with van der Waals surface area (Å²) in [6.07, 6.45) is 1.67. The minimum Gasteiger partial charge on any atom is -0.388 e. The average Bonchev–Trinajstić information content (AvgIpc) is 2.34. The van der Waals surface area contributed by atoms with E-state index in [2.05, 4.69) is 26.2 Å². The van der Waals surface area contributed by atoms with Gasteiger partial charge in [-0.25, -0.2) is 0 Å². The van der Waals surface area contributed by atoms with Crippen molar-refractivity contribution in [1.82, 2.24) is 4.98 Å². The fourth-order valence-corrected chi connectivity index (χ4v) is 2.10. The first-order valence-electron chi connectivity index (χ1n) is 5.36. The number of benzene rings is 1. The highest BCUT2D eigenvalue weighted by Crippen LogP contribution is 2.25. The van der Waals surface area contributed by atoms with Gasteiger partial charge in [-0.05, 0) is 36.8 Å². The van der Waals surface area contributed by atoms with Gasteiger partial charge in [0.2, 0.25) is 0 Å². The molecule has 0 aliphatic carbocycles. The summed E-state index contributed by atoms with van der Waals surface area (Å²) in [5.41, 5.74) is 9.20. The molecule has 0 saturated heterocycles. The summed E-state index contributed by atoms with van der Waals surface area (Å²) in [6, 6.07) is 9.78. The van der Waals surface area contributed by atoms with Gasteiger partial charge in [0, 0.05) is 16.4 Å². The third kappa shape index (κ3) is 2.86. The molecule has 0 aliphatic rings. The van der Waals surface area contributed by atoms with Gasteiger partial charge >= 0.3 is 0 Å². The van der Waals surface area contributed by atoms with Crippen molar-refractivity contribution in [1.29, 1.82) is 0 Å². The molecule has 0 unspecified atom stereocenters. The largest absolute Gasteiger partial charge is 0.388 e. The monoisotopic (exact) mass is 321 g/mol. The number of aryl methyl sites for hydroxylation is 1. The lowest BCUT2D eigenvalue weighted by molar-refractivity contribution is 1.28. The highest BCUT2D eigenvalue weighted by atomic mass is 79.9. The summed E-state index contributed by atoms with van der Waals surface area (Å²) >= 11 is 8.44. The Morgan fingerprint density at radius 3 is 2.83 bits per heavy atom. The van der Waals surface area contributed by atoms with Crippen LogP contribution in [0.2, 0.25) is 0 Å². The molecule has 18 heavy (non-hydrogen) atoms. The van der Waals surface area contributed by atoms with Gasteiger partial charge in [0.15, 0.2) is 0 Å². The van der Waals surface area contributed by atoms with Crippen LogP contribution in [0.5, 0.6) is 0 Å². The standard InChI is InChI=1S/C13H12BrN3S/c1-8-4-5-9(14)7-11(8)17-10-3-2-6-16-12(10)13(15)18/h2-7,17H,1H3,(H2,15,18). The molecule has 3 nitrogen and oxygen atoms in total. The fourth-order valence-electron chi connectivity index (χ4n) is 1.58. The highest BCUT2D eigenvalue weighted by Gasteiger charge is 2.07. The molecule has 0 spiro atoms. The van der Waals surface area contributed by atoms with Crippen LogP contribution in [0, 0.1) is 6.92 Å². The van der Waals surface area contributed by atoms with Crippen molar-refractivity contribution in [3.05, 3.63) is 52.3 Å². The number of pyridine rings is 1. The lowest BCUT2D eigenvalue weighted by atomic mass is 10.2. The van der Waals surface area contributed by atoms with Gasteiger partial charge in [-0.3, -0.25) is 4.98 Å². The summed E-state index contributed by atoms with van der Waals surface area (Å²) in [5.74, 6) is 0. The van der Waals surface area contributed by atoms with E-state index >= 15 is 0 Å². The second kappa shape index (κ2) is 5.46. The summed E-state index contributed by atoms with van der Waals surface area (Å²) in [4.78, 5) is 4.47. The van der Waals surface area contributed by atoms with Crippen molar-refractivity contribution >= 4 is 44.5 Å². The van der Waals surface area contributed by atoms with E-state index in [1.807, 2.05) is 37.3 Å². The zero-order chi connectivity index (χ0) is 13.1. The maximum Gasteiger partial charge on any atom is 0.124 e. The Kier molecular flexibility index (Phi) is 3.93. The van der Waals surface area contributed by atoms with Crippen LogP contribution in [0.25, 0.3) is 0 Å². The third-order valence-corrected chi connectivity index (χ3v) is 3.20. The van der Waals surface area contributed by atoms with Gasteiger partial charge in [0.1, 0.15) is 10.7 Å². The molecule has 0 radical (unpaired) electrons. The van der Waals surface area contributed by atoms with Crippen LogP contribution >= 0.6 is 28.1 Å². The topological polar surface area (TPSA) is 50.9 Å². The molecule has 0 bridgehead atoms. The molecule has 2 rings (SSSR count). The van der Waals surface area contributed by atoms with Crippen LogP contribution in [0.1, 0.15) is 11.3 Å². The van der Waals surface area contributed by atoms with Crippen LogP contribution in [-0.2, 0) is 0 Å². The van der Waals surface area contributed by atoms with E-state index in [0.717, 1.165) is 21.4 Å². The number of hydrogen-bond acceptors (Lipinski definition) is 3. The quantitative estimate of drug-likeness (QED) is 0.849. The van der Waals surface area contributed by atoms with Gasteiger partial charge in [0.25, 0.3) is 0 Å². The summed E-state index contributed by atoms with van der Waals surface area (Å²) in [5, 5.41) is 3.30. The number of nitrogens with two attached hydrogens (primary N) is 1. The molecule has 3 N–H and O–H groups in total. The van der Waals surface area contributed by atoms with E-state index in [9.17, 15) is 0 Å². The van der Waals surface area contributed by atoms with Crippen molar-refractivity contribution in [2.75, 3.05) is 5.32 Å². The van der Waals surface area contributed by atoms with Crippen molar-refractivity contribution in [2.24, 2.45) is 5.73 Å². The Bertz CT molecular complexity index is 599. The number of nitrogens with zero attached hydrogens (tertiary/aromatic N) is 1. The molecular weight excluding hydrogens is 310 g/mol. The molecule has 0 fully saturated rings. The Morgan fingerprint density at radius 2 is 2.11 bits per heavy atom. The predicted octanol–water partition coefficient (Wildman–Crippen LogP) is 3.53. The van der Waals surface area contributed by atoms with Crippen molar-refractivity contribution < 1.29 is 0 Å². The molecule has 1 aromatic heterocycles. The molecule has 92 valence electrons. The SMILES string of the molecule is Cc1ccc(Br)cc1Nc1cccnc1C(N)=S. The van der Waals surface area contributed by atoms with Crippen LogP contribution < -0.4 is 11.1 Å². The molecule has 0 aliphatic heterocycles. The minimum atomic E-state index is 0.283. The molecule has 1 heterocycles. The van der Waals surface area contributed by atoms with Crippen LogP contribution in [0.3, 0.4) is 0 Å². The number of halogens is 1. The van der Waals surface area contributed by atoms with Crippen LogP contribution in [0.15, 0.2) is 41.0 Å². The zero-order valence-electron chi connectivity index (χ0n) is 9.77. The number of rotatable bonds is 3. The lowest BCUT2D eigenvalue weighted by Gasteiger charge is -2.12. The fraction of sp³-hybridized carbons (Fsp3) is 0.0769. The van der Waals surface area contributed by atoms with E-state index in [1.54, 1.807) is 6.20 Å². The van der Waals surface area contributed by atoms with Crippen molar-refractivity contribution in [3.63, 3.8) is 0 Å². The molecule has 2 aromatic rings. The first kappa shape index (κ1) is 13.0. The van der Waals surface area contributed by atoms with Crippen LogP contribution in [-0.4, -0.2) is 9.97 Å². The molecule has 5 heteroatoms. The van der Waals surface area contributed by atoms with Gasteiger partial charge < -0.3 is 11.1 Å². The Hall–Kier alpha value is -1.46. The first-order chi connectivity index (χ1) is 8.58. The van der Waals surface area contributed by atoms with E-state index in [4.69, 9.17) is 18.0 Å². The smallest absolute Gasteiger partial charge is 0.124 e. The molecule has 0 amide bonds. The first-order valence-corrected chi connectivity index (χ1v) is 6.56. The Balaban J connectivity index is 2.40. The Morgan fingerprint density at radius 1 is 1.33 bits per heavy atom. The zero-order valence-corrected chi connectivity index (χ0v) is 12.2. The van der Waals surface area contributed by atoms with E-state index in [0.29, 0.717) is 5.69 Å². The maximum atomic E-state index is 5.66. The van der Waals surface area contributed by atoms with E-state index < -0.39 is 0 Å². The summed E-state index contributed by atoms with van der Waals surface area (Å²) < 4.78 is 1.01. The summed E-state index contributed by atoms with van der Waals surface area (Å²) in [6.45, 7) is 2.03. The van der Waals surface area contributed by atoms with E-state index in [1.165, 1.54) is 0 Å². The molecular formula is C13H12BrN3S. The van der Waals surface area contributed by atoms with Crippen molar-refractivity contribution in [3.8, 4) is 0 Å². The van der Waals surface area contributed by atoms with Gasteiger partial charge in [0.05, 0.1) is 5.69 Å². The van der Waals surface area contributed by atoms with Gasteiger partial charge in [-0.2, -0.15) is 0 Å². The van der Waals surface area contributed by atoms with Crippen LogP contribution in [0.4, 0.5) is 11.4 Å². The number of thiocarbonyl (C=S) groups is 1. The third-order valence-electron chi connectivity index (χ3n) is 2.51. The molecule has 0 saturated carbocycles. The minimum absolute atomic E-state index is 0.283. The maximum absolute atomic E-state index is 5.66. The second-order valence-corrected chi connectivity index (χ2v) is 5.20.